The summed E-state index contributed by atoms with van der Waals surface area (Å²) in [5, 5.41) is 0. The molecule has 5 heteroatoms. The van der Waals surface area contributed by atoms with Crippen molar-refractivity contribution in [1.82, 2.24) is 19.4 Å². The van der Waals surface area contributed by atoms with E-state index in [9.17, 15) is 4.79 Å². The van der Waals surface area contributed by atoms with Gasteiger partial charge >= 0.3 is 0 Å². The van der Waals surface area contributed by atoms with Crippen LogP contribution in [0.1, 0.15) is 29.9 Å². The number of benzene rings is 1. The van der Waals surface area contributed by atoms with Crippen molar-refractivity contribution in [3.05, 3.63) is 53.6 Å². The van der Waals surface area contributed by atoms with E-state index in [2.05, 4.69) is 22.5 Å². The van der Waals surface area contributed by atoms with Crippen LogP contribution in [0.25, 0.3) is 0 Å². The van der Waals surface area contributed by atoms with Crippen molar-refractivity contribution >= 4 is 5.91 Å². The van der Waals surface area contributed by atoms with Crippen LogP contribution < -0.4 is 0 Å². The summed E-state index contributed by atoms with van der Waals surface area (Å²) in [5.41, 5.74) is 2.18. The molecule has 0 aliphatic heterocycles. The summed E-state index contributed by atoms with van der Waals surface area (Å²) in [7, 11) is 5.71. The van der Waals surface area contributed by atoms with Crippen LogP contribution in [0.2, 0.25) is 0 Å². The summed E-state index contributed by atoms with van der Waals surface area (Å²) in [6.07, 6.45) is 3.72. The third-order valence-corrected chi connectivity index (χ3v) is 4.01. The van der Waals surface area contributed by atoms with E-state index in [0.29, 0.717) is 6.54 Å². The van der Waals surface area contributed by atoms with Crippen LogP contribution in [0.3, 0.4) is 0 Å². The second kappa shape index (κ2) is 7.42. The molecule has 1 aromatic carbocycles. The smallest absolute Gasteiger partial charge is 0.244 e. The molecule has 124 valence electrons. The van der Waals surface area contributed by atoms with Crippen molar-refractivity contribution in [3.63, 3.8) is 0 Å². The van der Waals surface area contributed by atoms with Crippen molar-refractivity contribution in [2.45, 2.75) is 33.0 Å². The summed E-state index contributed by atoms with van der Waals surface area (Å²) in [6.45, 7) is 5.48. The minimum Gasteiger partial charge on any atom is -0.337 e. The standard InChI is InChI=1S/C18H26N4O/c1-6-22-11-10-19-16(22)13-21(5)18(23)17(20(3)4)15-9-7-8-14(2)12-15/h7-12,17H,6,13H2,1-5H3/t17-/m1/s1. The number of imidazole rings is 1. The maximum absolute atomic E-state index is 13.0. The number of rotatable bonds is 6. The second-order valence-electron chi connectivity index (χ2n) is 6.10. The lowest BCUT2D eigenvalue weighted by atomic mass is 10.0. The normalized spacial score (nSPS) is 12.4. The zero-order valence-electron chi connectivity index (χ0n) is 14.7. The molecule has 0 fully saturated rings. The highest BCUT2D eigenvalue weighted by Gasteiger charge is 2.26. The van der Waals surface area contributed by atoms with Gasteiger partial charge in [0.25, 0.3) is 0 Å². The first-order valence-corrected chi connectivity index (χ1v) is 7.92. The zero-order valence-corrected chi connectivity index (χ0v) is 14.7. The van der Waals surface area contributed by atoms with E-state index in [1.54, 1.807) is 11.1 Å². The maximum Gasteiger partial charge on any atom is 0.244 e. The van der Waals surface area contributed by atoms with E-state index in [0.717, 1.165) is 23.5 Å². The van der Waals surface area contributed by atoms with Gasteiger partial charge in [0.05, 0.1) is 6.54 Å². The number of nitrogens with zero attached hydrogens (tertiary/aromatic N) is 4. The SMILES string of the molecule is CCn1ccnc1CN(C)C(=O)[C@@H](c1cccc(C)c1)N(C)C. The Morgan fingerprint density at radius 3 is 2.65 bits per heavy atom. The Kier molecular flexibility index (Phi) is 5.55. The van der Waals surface area contributed by atoms with Gasteiger partial charge in [0, 0.05) is 26.0 Å². The molecule has 1 heterocycles. The van der Waals surface area contributed by atoms with Gasteiger partial charge in [0.2, 0.25) is 5.91 Å². The molecule has 0 aliphatic rings. The Morgan fingerprint density at radius 2 is 2.04 bits per heavy atom. The third-order valence-electron chi connectivity index (χ3n) is 4.01. The molecule has 2 aromatic rings. The highest BCUT2D eigenvalue weighted by atomic mass is 16.2. The largest absolute Gasteiger partial charge is 0.337 e. The Bertz CT molecular complexity index is 663. The molecule has 0 aliphatic carbocycles. The molecule has 0 bridgehead atoms. The van der Waals surface area contributed by atoms with E-state index in [1.165, 1.54) is 0 Å². The number of aryl methyl sites for hydroxylation is 2. The first-order valence-electron chi connectivity index (χ1n) is 7.92. The van der Waals surface area contributed by atoms with Gasteiger partial charge in [-0.15, -0.1) is 0 Å². The Morgan fingerprint density at radius 1 is 1.30 bits per heavy atom. The summed E-state index contributed by atoms with van der Waals surface area (Å²) >= 11 is 0. The lowest BCUT2D eigenvalue weighted by Gasteiger charge is -2.28. The molecular weight excluding hydrogens is 288 g/mol. The van der Waals surface area contributed by atoms with Gasteiger partial charge in [-0.25, -0.2) is 4.98 Å². The monoisotopic (exact) mass is 314 g/mol. The van der Waals surface area contributed by atoms with Crippen LogP contribution in [0.5, 0.6) is 0 Å². The van der Waals surface area contributed by atoms with Crippen molar-refractivity contribution in [1.29, 1.82) is 0 Å². The fourth-order valence-electron chi connectivity index (χ4n) is 2.78. The van der Waals surface area contributed by atoms with Crippen LogP contribution in [0, 0.1) is 6.92 Å². The van der Waals surface area contributed by atoms with Crippen LogP contribution in [0.4, 0.5) is 0 Å². The number of likely N-dealkylation sites (N-methyl/N-ethyl adjacent to an activating group) is 2. The van der Waals surface area contributed by atoms with Gasteiger partial charge < -0.3 is 9.47 Å². The summed E-state index contributed by atoms with van der Waals surface area (Å²) < 4.78 is 2.06. The molecule has 1 aromatic heterocycles. The summed E-state index contributed by atoms with van der Waals surface area (Å²) in [5.74, 6) is 0.983. The van der Waals surface area contributed by atoms with Crippen molar-refractivity contribution in [2.24, 2.45) is 0 Å². The highest BCUT2D eigenvalue weighted by molar-refractivity contribution is 5.83. The van der Waals surface area contributed by atoms with Gasteiger partial charge in [0.1, 0.15) is 11.9 Å². The van der Waals surface area contributed by atoms with Crippen LogP contribution in [-0.4, -0.2) is 46.4 Å². The minimum atomic E-state index is -0.287. The van der Waals surface area contributed by atoms with Crippen LogP contribution in [0.15, 0.2) is 36.7 Å². The van der Waals surface area contributed by atoms with Gasteiger partial charge in [-0.05, 0) is 33.5 Å². The molecule has 5 nitrogen and oxygen atoms in total. The molecular formula is C18H26N4O. The number of carbonyl (C=O) groups excluding carboxylic acids is 1. The molecule has 0 saturated carbocycles. The Balaban J connectivity index is 2.20. The number of hydrogen-bond donors (Lipinski definition) is 0. The van der Waals surface area contributed by atoms with E-state index < -0.39 is 0 Å². The first kappa shape index (κ1) is 17.2. The summed E-state index contributed by atoms with van der Waals surface area (Å²) in [4.78, 5) is 21.0. The predicted octanol–water partition coefficient (Wildman–Crippen LogP) is 2.47. The average Bonchev–Trinajstić information content (AvgIpc) is 2.94. The van der Waals surface area contributed by atoms with Gasteiger partial charge in [-0.2, -0.15) is 0 Å². The van der Waals surface area contributed by atoms with E-state index in [1.807, 2.05) is 57.4 Å². The quantitative estimate of drug-likeness (QED) is 0.822. The second-order valence-corrected chi connectivity index (χ2v) is 6.10. The van der Waals surface area contributed by atoms with Crippen LogP contribution >= 0.6 is 0 Å². The van der Waals surface area contributed by atoms with Gasteiger partial charge in [-0.3, -0.25) is 9.69 Å². The number of amides is 1. The van der Waals surface area contributed by atoms with Crippen molar-refractivity contribution in [3.8, 4) is 0 Å². The molecule has 0 N–H and O–H groups in total. The zero-order chi connectivity index (χ0) is 17.0. The fraction of sp³-hybridized carbons (Fsp3) is 0.444. The third kappa shape index (κ3) is 3.99. The molecule has 23 heavy (non-hydrogen) atoms. The molecule has 1 amide bonds. The lowest BCUT2D eigenvalue weighted by molar-refractivity contribution is -0.135. The van der Waals surface area contributed by atoms with Crippen molar-refractivity contribution < 1.29 is 4.79 Å². The minimum absolute atomic E-state index is 0.0752. The predicted molar refractivity (Wildman–Crippen MR) is 92.0 cm³/mol. The Hall–Kier alpha value is -2.14. The van der Waals surface area contributed by atoms with E-state index in [4.69, 9.17) is 0 Å². The lowest BCUT2D eigenvalue weighted by Crippen LogP contribution is -2.38. The number of carbonyl (C=O) groups is 1. The van der Waals surface area contributed by atoms with E-state index in [-0.39, 0.29) is 11.9 Å². The average molecular weight is 314 g/mol. The Labute approximate surface area is 138 Å². The number of hydrogen-bond acceptors (Lipinski definition) is 3. The molecule has 0 unspecified atom stereocenters. The molecule has 0 spiro atoms. The van der Waals surface area contributed by atoms with Gasteiger partial charge in [-0.1, -0.05) is 29.8 Å². The highest BCUT2D eigenvalue weighted by Crippen LogP contribution is 2.22. The van der Waals surface area contributed by atoms with E-state index >= 15 is 0 Å². The van der Waals surface area contributed by atoms with Crippen LogP contribution in [-0.2, 0) is 17.9 Å². The molecule has 0 saturated heterocycles. The number of aromatic nitrogens is 2. The van der Waals surface area contributed by atoms with Crippen molar-refractivity contribution in [2.75, 3.05) is 21.1 Å². The molecule has 2 rings (SSSR count). The van der Waals surface area contributed by atoms with Gasteiger partial charge in [0.15, 0.2) is 0 Å². The molecule has 1 atom stereocenters. The summed E-state index contributed by atoms with van der Waals surface area (Å²) in [6, 6.07) is 7.84. The maximum atomic E-state index is 13.0. The first-order chi connectivity index (χ1) is 10.9. The topological polar surface area (TPSA) is 41.4 Å². The fourth-order valence-corrected chi connectivity index (χ4v) is 2.78. The molecule has 0 radical (unpaired) electrons.